The molecule has 0 aromatic rings. The molecule has 1 heterocycles. The van der Waals surface area contributed by atoms with Crippen molar-refractivity contribution in [1.29, 1.82) is 0 Å². The number of carbonyl (C=O) groups excluding carboxylic acids is 1. The van der Waals surface area contributed by atoms with Crippen LogP contribution in [-0.4, -0.2) is 60.1 Å². The molecule has 2 amide bonds. The first-order valence-electron chi connectivity index (χ1n) is 11.7. The molecule has 0 spiro atoms. The molecule has 6 heteroatoms. The van der Waals surface area contributed by atoms with E-state index in [-0.39, 0.29) is 18.2 Å². The van der Waals surface area contributed by atoms with Gasteiger partial charge in [-0.15, -0.1) is 11.8 Å². The summed E-state index contributed by atoms with van der Waals surface area (Å²) < 4.78 is 0. The number of fused-ring (bicyclic) bond motifs is 1. The Morgan fingerprint density at radius 1 is 1.21 bits per heavy atom. The Balaban J connectivity index is 1.38. The van der Waals surface area contributed by atoms with Crippen molar-refractivity contribution in [3.8, 4) is 0 Å². The van der Waals surface area contributed by atoms with E-state index < -0.39 is 0 Å². The number of hydrogen-bond acceptors (Lipinski definition) is 4. The minimum absolute atomic E-state index is 0.0464. The lowest BCUT2D eigenvalue weighted by molar-refractivity contribution is 0.0971. The molecule has 2 saturated carbocycles. The van der Waals surface area contributed by atoms with Gasteiger partial charge in [0.15, 0.2) is 0 Å². The van der Waals surface area contributed by atoms with E-state index in [4.69, 9.17) is 0 Å². The van der Waals surface area contributed by atoms with Crippen LogP contribution < -0.4 is 10.6 Å². The number of aliphatic hydroxyl groups is 1. The molecule has 3 aliphatic rings. The second-order valence-corrected chi connectivity index (χ2v) is 10.9. The monoisotopic (exact) mass is 423 g/mol. The maximum absolute atomic E-state index is 12.5. The van der Waals surface area contributed by atoms with Gasteiger partial charge in [0.2, 0.25) is 0 Å². The van der Waals surface area contributed by atoms with E-state index in [0.29, 0.717) is 18.5 Å². The summed E-state index contributed by atoms with van der Waals surface area (Å²) >= 11 is 2.02. The smallest absolute Gasteiger partial charge is 0.315 e. The number of hydrogen-bond donors (Lipinski definition) is 3. The molecule has 1 aliphatic heterocycles. The number of carbonyl (C=O) groups is 1. The zero-order chi connectivity index (χ0) is 20.8. The first kappa shape index (κ1) is 23.0. The van der Waals surface area contributed by atoms with Crippen LogP contribution in [0, 0.1) is 11.8 Å². The van der Waals surface area contributed by atoms with Crippen molar-refractivity contribution in [3.05, 3.63) is 11.0 Å². The van der Waals surface area contributed by atoms with Gasteiger partial charge in [0, 0.05) is 23.9 Å². The molecule has 0 aromatic carbocycles. The Hall–Kier alpha value is -0.720. The standard InChI is InChI=1S/C23H41N3O2S/c1-16(12-18-15-29-22-7-5-4-6-21(18)22)25-23(28)24-14-19(26(2)3)13-17-8-10-20(27)11-9-17/h15-17,19-22,27H,4-14H2,1-3H3,(H2,24,25,28)/t16-,17?,19-,20?,21?,22?/m0/s1. The average molecular weight is 424 g/mol. The number of aliphatic hydroxyl groups excluding tert-OH is 1. The number of rotatable bonds is 8. The Morgan fingerprint density at radius 2 is 1.93 bits per heavy atom. The van der Waals surface area contributed by atoms with Crippen molar-refractivity contribution in [2.24, 2.45) is 11.8 Å². The highest BCUT2D eigenvalue weighted by Gasteiger charge is 2.33. The Bertz CT molecular complexity index is 560. The Morgan fingerprint density at radius 3 is 2.66 bits per heavy atom. The highest BCUT2D eigenvalue weighted by molar-refractivity contribution is 8.03. The van der Waals surface area contributed by atoms with Crippen molar-refractivity contribution in [2.45, 2.75) is 94.6 Å². The normalized spacial score (nSPS) is 31.7. The summed E-state index contributed by atoms with van der Waals surface area (Å²) in [4.78, 5) is 14.7. The van der Waals surface area contributed by atoms with Crippen LogP contribution in [0.2, 0.25) is 0 Å². The zero-order valence-electron chi connectivity index (χ0n) is 18.5. The first-order valence-corrected chi connectivity index (χ1v) is 12.6. The third-order valence-corrected chi connectivity index (χ3v) is 8.50. The van der Waals surface area contributed by atoms with Gasteiger partial charge >= 0.3 is 6.03 Å². The van der Waals surface area contributed by atoms with Crippen molar-refractivity contribution < 1.29 is 9.90 Å². The molecule has 4 atom stereocenters. The summed E-state index contributed by atoms with van der Waals surface area (Å²) in [5.41, 5.74) is 1.55. The molecule has 166 valence electrons. The molecule has 3 rings (SSSR count). The number of urea groups is 1. The third kappa shape index (κ3) is 6.90. The van der Waals surface area contributed by atoms with E-state index >= 15 is 0 Å². The van der Waals surface area contributed by atoms with E-state index in [2.05, 4.69) is 42.0 Å². The van der Waals surface area contributed by atoms with Gasteiger partial charge in [-0.3, -0.25) is 0 Å². The maximum Gasteiger partial charge on any atom is 0.315 e. The second kappa shape index (κ2) is 11.1. The maximum atomic E-state index is 12.5. The molecule has 0 bridgehead atoms. The second-order valence-electron chi connectivity index (χ2n) is 9.75. The van der Waals surface area contributed by atoms with Gasteiger partial charge in [0.1, 0.15) is 0 Å². The van der Waals surface area contributed by atoms with Gasteiger partial charge in [-0.2, -0.15) is 0 Å². The highest BCUT2D eigenvalue weighted by Crippen LogP contribution is 2.45. The van der Waals surface area contributed by atoms with E-state index in [9.17, 15) is 9.90 Å². The van der Waals surface area contributed by atoms with Crippen LogP contribution in [0.1, 0.15) is 71.1 Å². The lowest BCUT2D eigenvalue weighted by Gasteiger charge is -2.32. The molecule has 5 nitrogen and oxygen atoms in total. The predicted octanol–water partition coefficient (Wildman–Crippen LogP) is 4.13. The number of amides is 2. The zero-order valence-corrected chi connectivity index (χ0v) is 19.3. The minimum atomic E-state index is -0.105. The summed E-state index contributed by atoms with van der Waals surface area (Å²) in [7, 11) is 4.19. The van der Waals surface area contributed by atoms with Gasteiger partial charge in [-0.1, -0.05) is 18.4 Å². The lowest BCUT2D eigenvalue weighted by Crippen LogP contribution is -2.47. The fraction of sp³-hybridized carbons (Fsp3) is 0.870. The van der Waals surface area contributed by atoms with Crippen LogP contribution in [0.15, 0.2) is 11.0 Å². The molecule has 2 aliphatic carbocycles. The lowest BCUT2D eigenvalue weighted by atomic mass is 9.82. The third-order valence-electron chi connectivity index (χ3n) is 7.14. The molecule has 3 N–H and O–H groups in total. The fourth-order valence-electron chi connectivity index (χ4n) is 5.28. The molecule has 2 unspecified atom stereocenters. The minimum Gasteiger partial charge on any atom is -0.393 e. The summed E-state index contributed by atoms with van der Waals surface area (Å²) in [6.45, 7) is 2.80. The topological polar surface area (TPSA) is 64.6 Å². The number of nitrogens with one attached hydrogen (secondary N) is 2. The quantitative estimate of drug-likeness (QED) is 0.549. The van der Waals surface area contributed by atoms with Crippen molar-refractivity contribution >= 4 is 17.8 Å². The van der Waals surface area contributed by atoms with Gasteiger partial charge < -0.3 is 20.6 Å². The molecule has 0 saturated heterocycles. The van der Waals surface area contributed by atoms with Crippen LogP contribution in [0.5, 0.6) is 0 Å². The molecular formula is C23H41N3O2S. The highest BCUT2D eigenvalue weighted by atomic mass is 32.2. The number of thioether (sulfide) groups is 1. The van der Waals surface area contributed by atoms with Gasteiger partial charge in [0.25, 0.3) is 0 Å². The van der Waals surface area contributed by atoms with Crippen LogP contribution in [0.3, 0.4) is 0 Å². The first-order chi connectivity index (χ1) is 13.9. The van der Waals surface area contributed by atoms with Crippen molar-refractivity contribution in [2.75, 3.05) is 20.6 Å². The van der Waals surface area contributed by atoms with Crippen molar-refractivity contribution in [1.82, 2.24) is 15.5 Å². The Labute approximate surface area is 181 Å². The summed E-state index contributed by atoms with van der Waals surface area (Å²) in [5, 5.41) is 19.1. The van der Waals surface area contributed by atoms with Gasteiger partial charge in [-0.05, 0) is 89.6 Å². The summed E-state index contributed by atoms with van der Waals surface area (Å²) in [6, 6.07) is 0.461. The van der Waals surface area contributed by atoms with Crippen molar-refractivity contribution in [3.63, 3.8) is 0 Å². The molecular weight excluding hydrogens is 382 g/mol. The number of likely N-dealkylation sites (N-methyl/N-ethyl adjacent to an activating group) is 1. The van der Waals surface area contributed by atoms with E-state index in [1.807, 2.05) is 11.8 Å². The molecule has 29 heavy (non-hydrogen) atoms. The van der Waals surface area contributed by atoms with Gasteiger partial charge in [-0.25, -0.2) is 4.79 Å². The molecule has 0 aromatic heterocycles. The summed E-state index contributed by atoms with van der Waals surface area (Å²) in [5.74, 6) is 1.40. The predicted molar refractivity (Wildman–Crippen MR) is 122 cm³/mol. The van der Waals surface area contributed by atoms with Crippen LogP contribution in [0.4, 0.5) is 4.79 Å². The average Bonchev–Trinajstić information content (AvgIpc) is 3.09. The summed E-state index contributed by atoms with van der Waals surface area (Å²) in [6.07, 6.45) is 11.4. The van der Waals surface area contributed by atoms with Crippen LogP contribution >= 0.6 is 11.8 Å². The molecule has 2 fully saturated rings. The Kier molecular flexibility index (Phi) is 8.75. The number of nitrogens with zero attached hydrogens (tertiary/aromatic N) is 1. The van der Waals surface area contributed by atoms with E-state index in [1.165, 1.54) is 25.7 Å². The largest absolute Gasteiger partial charge is 0.393 e. The van der Waals surface area contributed by atoms with E-state index in [1.54, 1.807) is 5.57 Å². The fourth-order valence-corrected chi connectivity index (χ4v) is 6.70. The van der Waals surface area contributed by atoms with Crippen LogP contribution in [-0.2, 0) is 0 Å². The molecule has 0 radical (unpaired) electrons. The van der Waals surface area contributed by atoms with Crippen LogP contribution in [0.25, 0.3) is 0 Å². The SMILES string of the molecule is C[C@@H](CC1=CSC2CCCCC12)NC(=O)NC[C@H](CC1CCC(O)CC1)N(C)C. The van der Waals surface area contributed by atoms with Gasteiger partial charge in [0.05, 0.1) is 6.10 Å². The van der Waals surface area contributed by atoms with E-state index in [0.717, 1.165) is 49.7 Å².